The molecular weight excluding hydrogens is 418 g/mol. The van der Waals surface area contributed by atoms with E-state index in [1.54, 1.807) is 36.5 Å². The molecule has 4 rings (SSSR count). The zero-order chi connectivity index (χ0) is 22.3. The van der Waals surface area contributed by atoms with Crippen LogP contribution in [-0.4, -0.2) is 24.6 Å². The minimum atomic E-state index is -0.774. The van der Waals surface area contributed by atoms with E-state index in [2.05, 4.69) is 20.3 Å². The summed E-state index contributed by atoms with van der Waals surface area (Å²) in [5.41, 5.74) is 1.07. The second-order valence-electron chi connectivity index (χ2n) is 7.85. The number of hydrogen-bond acceptors (Lipinski definition) is 5. The first-order chi connectivity index (χ1) is 14.7. The van der Waals surface area contributed by atoms with Crippen molar-refractivity contribution in [3.05, 3.63) is 73.9 Å². The molecule has 4 aromatic rings. The number of pyridine rings is 2. The van der Waals surface area contributed by atoms with Crippen molar-refractivity contribution < 1.29 is 5.11 Å². The summed E-state index contributed by atoms with van der Waals surface area (Å²) in [6.45, 7) is 5.58. The van der Waals surface area contributed by atoms with Gasteiger partial charge in [0.15, 0.2) is 5.65 Å². The Kier molecular flexibility index (Phi) is 5.51. The van der Waals surface area contributed by atoms with Crippen LogP contribution in [0.15, 0.2) is 52.2 Å². The van der Waals surface area contributed by atoms with Crippen molar-refractivity contribution in [1.82, 2.24) is 19.5 Å². The number of hydrogen-bond donors (Lipinski definition) is 2. The van der Waals surface area contributed by atoms with E-state index in [9.17, 15) is 9.59 Å². The molecule has 0 saturated heterocycles. The van der Waals surface area contributed by atoms with E-state index in [0.29, 0.717) is 27.1 Å². The molecule has 2 atom stereocenters. The Hall–Kier alpha value is -3.23. The minimum absolute atomic E-state index is 0.0726. The summed E-state index contributed by atoms with van der Waals surface area (Å²) in [7, 11) is 0. The lowest BCUT2D eigenvalue weighted by molar-refractivity contribution is 0.0572. The van der Waals surface area contributed by atoms with Crippen LogP contribution in [0.1, 0.15) is 38.6 Å². The summed E-state index contributed by atoms with van der Waals surface area (Å²) in [4.78, 5) is 36.7. The zero-order valence-electron chi connectivity index (χ0n) is 17.3. The van der Waals surface area contributed by atoms with Gasteiger partial charge in [-0.3, -0.25) is 9.59 Å². The first-order valence-corrected chi connectivity index (χ1v) is 10.3. The van der Waals surface area contributed by atoms with Crippen LogP contribution in [0.3, 0.4) is 0 Å². The number of fused-ring (bicyclic) bond motifs is 2. The lowest BCUT2D eigenvalue weighted by Gasteiger charge is -2.17. The van der Waals surface area contributed by atoms with Gasteiger partial charge in [-0.1, -0.05) is 25.4 Å². The number of halogens is 1. The SMILES string of the molecule is CC(C)C([OH2+])n1c(=O)ccc2cnc(N[C@@H](C)c3cc4cc(Cl)ccc4[nH]c3=O)nc21. The number of aromatic nitrogens is 4. The van der Waals surface area contributed by atoms with Gasteiger partial charge in [0.2, 0.25) is 12.2 Å². The summed E-state index contributed by atoms with van der Waals surface area (Å²) in [5, 5.41) is 13.6. The zero-order valence-corrected chi connectivity index (χ0v) is 18.1. The van der Waals surface area contributed by atoms with Gasteiger partial charge in [0.1, 0.15) is 0 Å². The van der Waals surface area contributed by atoms with Crippen LogP contribution in [-0.2, 0) is 0 Å². The topological polar surface area (TPSA) is 116 Å². The first kappa shape index (κ1) is 21.0. The lowest BCUT2D eigenvalue weighted by Crippen LogP contribution is -2.28. The molecular formula is C22H23ClN5O3+. The Balaban J connectivity index is 1.74. The molecule has 0 radical (unpaired) electrons. The summed E-state index contributed by atoms with van der Waals surface area (Å²) in [6, 6.07) is 9.71. The highest BCUT2D eigenvalue weighted by molar-refractivity contribution is 6.31. The number of rotatable bonds is 5. The molecule has 0 spiro atoms. The largest absolute Gasteiger partial charge is 0.426 e. The summed E-state index contributed by atoms with van der Waals surface area (Å²) >= 11 is 6.08. The Labute approximate surface area is 182 Å². The highest BCUT2D eigenvalue weighted by Crippen LogP contribution is 2.22. The third kappa shape index (κ3) is 4.04. The van der Waals surface area contributed by atoms with E-state index in [-0.39, 0.29) is 23.0 Å². The number of benzene rings is 1. The van der Waals surface area contributed by atoms with Crippen molar-refractivity contribution in [3.63, 3.8) is 0 Å². The Morgan fingerprint density at radius 3 is 2.61 bits per heavy atom. The molecule has 1 aromatic carbocycles. The smallest absolute Gasteiger partial charge is 0.258 e. The van der Waals surface area contributed by atoms with Gasteiger partial charge in [-0.25, -0.2) is 9.55 Å². The van der Waals surface area contributed by atoms with E-state index in [0.717, 1.165) is 5.39 Å². The van der Waals surface area contributed by atoms with Crippen molar-refractivity contribution >= 4 is 39.5 Å². The summed E-state index contributed by atoms with van der Waals surface area (Å²) in [6.07, 6.45) is 0.828. The molecule has 8 nitrogen and oxygen atoms in total. The first-order valence-electron chi connectivity index (χ1n) is 9.93. The predicted molar refractivity (Wildman–Crippen MR) is 123 cm³/mol. The number of aromatic amines is 1. The average Bonchev–Trinajstić information content (AvgIpc) is 2.72. The quantitative estimate of drug-likeness (QED) is 0.462. The van der Waals surface area contributed by atoms with E-state index in [4.69, 9.17) is 16.7 Å². The second kappa shape index (κ2) is 8.13. The monoisotopic (exact) mass is 440 g/mol. The number of nitrogens with one attached hydrogen (secondary N) is 2. The number of H-pyrrole nitrogens is 1. The average molecular weight is 441 g/mol. The van der Waals surface area contributed by atoms with E-state index in [1.807, 2.05) is 20.8 Å². The van der Waals surface area contributed by atoms with E-state index < -0.39 is 12.3 Å². The highest BCUT2D eigenvalue weighted by Gasteiger charge is 2.21. The molecule has 4 N–H and O–H groups in total. The number of nitrogens with zero attached hydrogens (tertiary/aromatic N) is 3. The molecule has 0 fully saturated rings. The van der Waals surface area contributed by atoms with Crippen LogP contribution in [0.25, 0.3) is 21.9 Å². The van der Waals surface area contributed by atoms with Crippen LogP contribution in [0.2, 0.25) is 5.02 Å². The van der Waals surface area contributed by atoms with Gasteiger partial charge in [0.05, 0.1) is 6.04 Å². The van der Waals surface area contributed by atoms with E-state index >= 15 is 0 Å². The van der Waals surface area contributed by atoms with Crippen molar-refractivity contribution in [2.75, 3.05) is 5.32 Å². The maximum absolute atomic E-state index is 12.6. The van der Waals surface area contributed by atoms with Crippen molar-refractivity contribution in [3.8, 4) is 0 Å². The molecule has 0 aliphatic carbocycles. The summed E-state index contributed by atoms with van der Waals surface area (Å²) < 4.78 is 1.36. The second-order valence-corrected chi connectivity index (χ2v) is 8.29. The molecule has 0 saturated carbocycles. The lowest BCUT2D eigenvalue weighted by atomic mass is 10.1. The van der Waals surface area contributed by atoms with Gasteiger partial charge in [-0.2, -0.15) is 4.98 Å². The van der Waals surface area contributed by atoms with Gasteiger partial charge < -0.3 is 15.4 Å². The molecule has 3 heterocycles. The van der Waals surface area contributed by atoms with Crippen LogP contribution < -0.4 is 16.4 Å². The maximum atomic E-state index is 12.6. The Morgan fingerprint density at radius 2 is 1.87 bits per heavy atom. The van der Waals surface area contributed by atoms with Crippen molar-refractivity contribution in [1.29, 1.82) is 0 Å². The predicted octanol–water partition coefficient (Wildman–Crippen LogP) is 3.34. The molecule has 31 heavy (non-hydrogen) atoms. The third-order valence-electron chi connectivity index (χ3n) is 5.22. The molecule has 0 amide bonds. The molecule has 0 aliphatic rings. The fraction of sp³-hybridized carbons (Fsp3) is 0.273. The van der Waals surface area contributed by atoms with Crippen LogP contribution in [0.5, 0.6) is 0 Å². The maximum Gasteiger partial charge on any atom is 0.258 e. The third-order valence-corrected chi connectivity index (χ3v) is 5.46. The van der Waals surface area contributed by atoms with Crippen LogP contribution in [0.4, 0.5) is 5.95 Å². The molecule has 160 valence electrons. The standard InChI is InChI=1S/C22H22ClN5O3/c1-11(2)21(31)28-18(29)7-4-13-10-24-22(27-19(13)28)25-12(3)16-9-14-8-15(23)5-6-17(14)26-20(16)30/h4-12,21,31H,1-3H3,(H,26,30)(H,24,25,27)/p+1/t12-,21?/m0/s1. The van der Waals surface area contributed by atoms with Gasteiger partial charge in [-0.15, -0.1) is 0 Å². The van der Waals surface area contributed by atoms with Crippen molar-refractivity contribution in [2.45, 2.75) is 33.0 Å². The van der Waals surface area contributed by atoms with Crippen LogP contribution in [0, 0.1) is 5.92 Å². The van der Waals surface area contributed by atoms with Crippen molar-refractivity contribution in [2.24, 2.45) is 5.92 Å². The summed E-state index contributed by atoms with van der Waals surface area (Å²) in [5.74, 6) is 0.192. The van der Waals surface area contributed by atoms with Gasteiger partial charge in [-0.05, 0) is 37.3 Å². The van der Waals surface area contributed by atoms with Gasteiger partial charge >= 0.3 is 0 Å². The van der Waals surface area contributed by atoms with E-state index in [1.165, 1.54) is 10.6 Å². The minimum Gasteiger partial charge on any atom is -0.426 e. The highest BCUT2D eigenvalue weighted by atomic mass is 35.5. The molecule has 0 aliphatic heterocycles. The Bertz CT molecular complexity index is 1400. The Morgan fingerprint density at radius 1 is 1.10 bits per heavy atom. The molecule has 3 aromatic heterocycles. The fourth-order valence-corrected chi connectivity index (χ4v) is 3.64. The van der Waals surface area contributed by atoms with Gasteiger partial charge in [0.25, 0.3) is 11.1 Å². The number of anilines is 1. The van der Waals surface area contributed by atoms with Crippen LogP contribution >= 0.6 is 11.6 Å². The molecule has 9 heteroatoms. The molecule has 1 unspecified atom stereocenters. The molecule has 0 bridgehead atoms. The van der Waals surface area contributed by atoms with Gasteiger partial charge in [0, 0.05) is 45.1 Å². The fourth-order valence-electron chi connectivity index (χ4n) is 3.46. The normalized spacial score (nSPS) is 13.6.